The van der Waals surface area contributed by atoms with Crippen LogP contribution in [0.15, 0.2) is 36.5 Å². The van der Waals surface area contributed by atoms with Gasteiger partial charge in [0.25, 0.3) is 0 Å². The third kappa shape index (κ3) is 3.55. The zero-order valence-corrected chi connectivity index (χ0v) is 12.4. The summed E-state index contributed by atoms with van der Waals surface area (Å²) in [5, 5.41) is 20.5. The van der Waals surface area contributed by atoms with Gasteiger partial charge in [-0.15, -0.1) is 0 Å². The highest BCUT2D eigenvalue weighted by Gasteiger charge is 2.16. The highest BCUT2D eigenvalue weighted by Crippen LogP contribution is 2.29. The van der Waals surface area contributed by atoms with Gasteiger partial charge in [0.05, 0.1) is 4.92 Å². The molecular weight excluding hydrogens is 338 g/mol. The molecule has 1 heterocycles. The van der Waals surface area contributed by atoms with E-state index in [0.717, 1.165) is 5.56 Å². The number of hydrogen-bond donors (Lipinski definition) is 0. The lowest BCUT2D eigenvalue weighted by Crippen LogP contribution is -2.02. The van der Waals surface area contributed by atoms with Crippen LogP contribution in [0.25, 0.3) is 0 Å². The number of ether oxygens (including phenoxy) is 1. The fourth-order valence-corrected chi connectivity index (χ4v) is 2.07. The topological polar surface area (TPSA) is 89.0 Å². The maximum Gasteiger partial charge on any atom is 0.311 e. The number of nitro groups is 1. The summed E-state index contributed by atoms with van der Waals surface area (Å²) in [5.41, 5.74) is 1.51. The second-order valence-electron chi connectivity index (χ2n) is 4.10. The van der Waals surface area contributed by atoms with Gasteiger partial charge < -0.3 is 4.74 Å². The minimum atomic E-state index is -0.490. The molecule has 0 radical (unpaired) electrons. The average Bonchev–Trinajstić information content (AvgIpc) is 2.52. The third-order valence-electron chi connectivity index (χ3n) is 2.75. The molecule has 0 atom stereocenters. The van der Waals surface area contributed by atoms with Crippen molar-refractivity contribution in [3.8, 4) is 11.8 Å². The van der Waals surface area contributed by atoms with E-state index in [1.54, 1.807) is 24.3 Å². The first-order valence-electron chi connectivity index (χ1n) is 5.95. The second kappa shape index (κ2) is 6.81. The molecule has 0 bridgehead atoms. The maximum absolute atomic E-state index is 11.1. The van der Waals surface area contributed by atoms with Crippen LogP contribution in [0.4, 0.5) is 5.69 Å². The molecule has 0 amide bonds. The van der Waals surface area contributed by atoms with Crippen LogP contribution >= 0.6 is 15.9 Å². The van der Waals surface area contributed by atoms with Crippen LogP contribution in [0.3, 0.4) is 0 Å². The van der Waals surface area contributed by atoms with Crippen LogP contribution < -0.4 is 4.74 Å². The molecule has 0 N–H and O–H groups in total. The van der Waals surface area contributed by atoms with Crippen molar-refractivity contribution in [3.05, 3.63) is 63.5 Å². The van der Waals surface area contributed by atoms with E-state index < -0.39 is 4.92 Å². The van der Waals surface area contributed by atoms with Crippen molar-refractivity contribution < 1.29 is 9.66 Å². The standard InChI is InChI=1S/C14H10BrN3O3/c15-7-10-3-4-14(13(6-10)18(19)20)21-9-11-2-1-5-17-12(11)8-16/h1-6H,7,9H2. The van der Waals surface area contributed by atoms with Gasteiger partial charge in [-0.2, -0.15) is 5.26 Å². The van der Waals surface area contributed by atoms with Gasteiger partial charge in [0.1, 0.15) is 18.4 Å². The van der Waals surface area contributed by atoms with Crippen LogP contribution in [0.1, 0.15) is 16.8 Å². The van der Waals surface area contributed by atoms with Crippen molar-refractivity contribution >= 4 is 21.6 Å². The van der Waals surface area contributed by atoms with Gasteiger partial charge in [-0.25, -0.2) is 4.98 Å². The number of aromatic nitrogens is 1. The average molecular weight is 348 g/mol. The minimum Gasteiger partial charge on any atom is -0.482 e. The highest BCUT2D eigenvalue weighted by atomic mass is 79.9. The lowest BCUT2D eigenvalue weighted by molar-refractivity contribution is -0.386. The molecule has 0 spiro atoms. The van der Waals surface area contributed by atoms with E-state index in [1.165, 1.54) is 12.3 Å². The quantitative estimate of drug-likeness (QED) is 0.470. The molecule has 0 saturated heterocycles. The molecule has 0 aliphatic heterocycles. The maximum atomic E-state index is 11.1. The minimum absolute atomic E-state index is 0.0469. The fourth-order valence-electron chi connectivity index (χ4n) is 1.72. The van der Waals surface area contributed by atoms with Gasteiger partial charge in [0.15, 0.2) is 5.75 Å². The van der Waals surface area contributed by atoms with Crippen molar-refractivity contribution in [1.29, 1.82) is 5.26 Å². The highest BCUT2D eigenvalue weighted by molar-refractivity contribution is 9.08. The number of benzene rings is 1. The Hall–Kier alpha value is -2.46. The molecule has 2 aromatic rings. The van der Waals surface area contributed by atoms with Crippen molar-refractivity contribution in [3.63, 3.8) is 0 Å². The van der Waals surface area contributed by atoms with Crippen LogP contribution in [0.5, 0.6) is 5.75 Å². The van der Waals surface area contributed by atoms with E-state index in [1.807, 2.05) is 6.07 Å². The molecule has 21 heavy (non-hydrogen) atoms. The Morgan fingerprint density at radius 1 is 1.43 bits per heavy atom. The Kier molecular flexibility index (Phi) is 4.85. The smallest absolute Gasteiger partial charge is 0.311 e. The molecule has 7 heteroatoms. The molecule has 0 saturated carbocycles. The molecule has 1 aromatic carbocycles. The lowest BCUT2D eigenvalue weighted by Gasteiger charge is -2.08. The molecule has 1 aromatic heterocycles. The van der Waals surface area contributed by atoms with Crippen LogP contribution in [-0.2, 0) is 11.9 Å². The van der Waals surface area contributed by atoms with Gasteiger partial charge in [0, 0.05) is 23.2 Å². The number of rotatable bonds is 5. The van der Waals surface area contributed by atoms with E-state index in [-0.39, 0.29) is 23.7 Å². The first-order chi connectivity index (χ1) is 10.2. The van der Waals surface area contributed by atoms with Gasteiger partial charge >= 0.3 is 5.69 Å². The number of nitriles is 1. The molecule has 106 valence electrons. The predicted molar refractivity (Wildman–Crippen MR) is 79.0 cm³/mol. The number of nitro benzene ring substituents is 1. The zero-order chi connectivity index (χ0) is 15.2. The molecule has 0 unspecified atom stereocenters. The van der Waals surface area contributed by atoms with Crippen molar-refractivity contribution in [1.82, 2.24) is 4.98 Å². The molecule has 2 rings (SSSR count). The van der Waals surface area contributed by atoms with Crippen LogP contribution in [0.2, 0.25) is 0 Å². The van der Waals surface area contributed by atoms with E-state index >= 15 is 0 Å². The molecule has 6 nitrogen and oxygen atoms in total. The SMILES string of the molecule is N#Cc1ncccc1COc1ccc(CBr)cc1[N+](=O)[O-]. The van der Waals surface area contributed by atoms with E-state index in [9.17, 15) is 10.1 Å². The summed E-state index contributed by atoms with van der Waals surface area (Å²) in [7, 11) is 0. The first-order valence-corrected chi connectivity index (χ1v) is 7.08. The fraction of sp³-hybridized carbons (Fsp3) is 0.143. The summed E-state index contributed by atoms with van der Waals surface area (Å²) in [5.74, 6) is 0.164. The Morgan fingerprint density at radius 3 is 2.90 bits per heavy atom. The number of halogens is 1. The van der Waals surface area contributed by atoms with Crippen molar-refractivity contribution in [2.75, 3.05) is 0 Å². The summed E-state index contributed by atoms with van der Waals surface area (Å²) in [6.07, 6.45) is 1.51. The summed E-state index contributed by atoms with van der Waals surface area (Å²) >= 11 is 3.25. The Morgan fingerprint density at radius 2 is 2.24 bits per heavy atom. The van der Waals surface area contributed by atoms with Gasteiger partial charge in [0.2, 0.25) is 0 Å². The molecular formula is C14H10BrN3O3. The number of hydrogen-bond acceptors (Lipinski definition) is 5. The number of pyridine rings is 1. The Labute approximate surface area is 129 Å². The Bertz CT molecular complexity index is 713. The van der Waals surface area contributed by atoms with Gasteiger partial charge in [-0.05, 0) is 17.7 Å². The van der Waals surface area contributed by atoms with Gasteiger partial charge in [-0.3, -0.25) is 10.1 Å². The molecule has 0 aliphatic rings. The summed E-state index contributed by atoms with van der Waals surface area (Å²) in [4.78, 5) is 14.5. The first kappa shape index (κ1) is 14.9. The predicted octanol–water partition coefficient (Wildman–Crippen LogP) is 3.34. The molecule has 0 aliphatic carbocycles. The van der Waals surface area contributed by atoms with E-state index in [0.29, 0.717) is 10.9 Å². The van der Waals surface area contributed by atoms with Crippen LogP contribution in [-0.4, -0.2) is 9.91 Å². The summed E-state index contributed by atoms with van der Waals surface area (Å²) < 4.78 is 5.48. The Balaban J connectivity index is 2.24. The summed E-state index contributed by atoms with van der Waals surface area (Å²) in [6.45, 7) is 0.0469. The van der Waals surface area contributed by atoms with Crippen LogP contribution in [0, 0.1) is 21.4 Å². The van der Waals surface area contributed by atoms with E-state index in [2.05, 4.69) is 20.9 Å². The monoisotopic (exact) mass is 347 g/mol. The zero-order valence-electron chi connectivity index (χ0n) is 10.8. The lowest BCUT2D eigenvalue weighted by atomic mass is 10.2. The number of alkyl halides is 1. The second-order valence-corrected chi connectivity index (χ2v) is 4.67. The largest absolute Gasteiger partial charge is 0.482 e. The molecule has 0 fully saturated rings. The third-order valence-corrected chi connectivity index (χ3v) is 3.40. The van der Waals surface area contributed by atoms with Crippen molar-refractivity contribution in [2.24, 2.45) is 0 Å². The summed E-state index contributed by atoms with van der Waals surface area (Å²) in [6, 6.07) is 10.1. The van der Waals surface area contributed by atoms with E-state index in [4.69, 9.17) is 10.00 Å². The van der Waals surface area contributed by atoms with Gasteiger partial charge in [-0.1, -0.05) is 28.1 Å². The normalized spacial score (nSPS) is 9.90. The van der Waals surface area contributed by atoms with Crippen molar-refractivity contribution in [2.45, 2.75) is 11.9 Å². The number of nitrogens with zero attached hydrogens (tertiary/aromatic N) is 3.